The molecule has 1 unspecified atom stereocenters. The molecule has 0 saturated heterocycles. The molecule has 9 heteroatoms. The van der Waals surface area contributed by atoms with E-state index in [9.17, 15) is 26.8 Å². The van der Waals surface area contributed by atoms with Crippen LogP contribution in [0.3, 0.4) is 0 Å². The number of hydrogen-bond donors (Lipinski definition) is 1. The summed E-state index contributed by atoms with van der Waals surface area (Å²) < 4.78 is 55.1. The number of carbonyl (C=O) groups excluding carboxylic acids is 2. The lowest BCUT2D eigenvalue weighted by Crippen LogP contribution is -2.30. The highest BCUT2D eigenvalue weighted by molar-refractivity contribution is 7.90. The van der Waals surface area contributed by atoms with E-state index in [1.807, 2.05) is 78.4 Å². The molecule has 0 aliphatic rings. The predicted molar refractivity (Wildman–Crippen MR) is 145 cm³/mol. The van der Waals surface area contributed by atoms with Crippen LogP contribution in [0.2, 0.25) is 0 Å². The molecule has 0 radical (unpaired) electrons. The first kappa shape index (κ1) is 26.2. The van der Waals surface area contributed by atoms with Crippen molar-refractivity contribution in [2.24, 2.45) is 0 Å². The Labute approximate surface area is 223 Å². The van der Waals surface area contributed by atoms with Crippen molar-refractivity contribution in [2.45, 2.75) is 30.6 Å². The minimum absolute atomic E-state index is 0.140. The highest BCUT2D eigenvalue weighted by Gasteiger charge is 2.23. The molecule has 1 atom stereocenters. The van der Waals surface area contributed by atoms with Gasteiger partial charge in [-0.1, -0.05) is 60.7 Å². The molecular weight excluding hydrogens is 522 g/mol. The third-order valence-electron chi connectivity index (χ3n) is 6.76. The molecule has 0 saturated carbocycles. The van der Waals surface area contributed by atoms with Gasteiger partial charge in [-0.25, -0.2) is 21.9 Å². The molecule has 5 aromatic rings. The maximum absolute atomic E-state index is 13.7. The first-order chi connectivity index (χ1) is 18.7. The molecule has 0 spiro atoms. The van der Waals surface area contributed by atoms with Gasteiger partial charge in [0.25, 0.3) is 10.0 Å². The number of rotatable bonds is 7. The van der Waals surface area contributed by atoms with Crippen molar-refractivity contribution in [3.05, 3.63) is 114 Å². The molecular formula is C30H24F2N2O4S. The summed E-state index contributed by atoms with van der Waals surface area (Å²) in [6.45, 7) is 1.86. The van der Waals surface area contributed by atoms with E-state index in [2.05, 4.69) is 0 Å². The summed E-state index contributed by atoms with van der Waals surface area (Å²) in [7, 11) is -4.38. The molecule has 1 amide bonds. The second kappa shape index (κ2) is 10.4. The van der Waals surface area contributed by atoms with Crippen LogP contribution in [0.1, 0.15) is 35.2 Å². The Balaban J connectivity index is 1.37. The lowest BCUT2D eigenvalue weighted by molar-refractivity contribution is -0.119. The Hall–Kier alpha value is -4.37. The molecule has 0 bridgehead atoms. The summed E-state index contributed by atoms with van der Waals surface area (Å²) in [5.41, 5.74) is 2.28. The third kappa shape index (κ3) is 5.18. The van der Waals surface area contributed by atoms with Crippen LogP contribution in [0.5, 0.6) is 0 Å². The zero-order chi connectivity index (χ0) is 27.7. The van der Waals surface area contributed by atoms with Crippen LogP contribution in [-0.4, -0.2) is 24.8 Å². The summed E-state index contributed by atoms with van der Waals surface area (Å²) in [5, 5.41) is 2.81. The molecule has 198 valence electrons. The number of para-hydroxylation sites is 1. The van der Waals surface area contributed by atoms with Crippen molar-refractivity contribution in [2.75, 3.05) is 0 Å². The van der Waals surface area contributed by atoms with Crippen LogP contribution in [0, 0.1) is 11.6 Å². The van der Waals surface area contributed by atoms with Gasteiger partial charge in [0.1, 0.15) is 0 Å². The maximum Gasteiger partial charge on any atom is 0.264 e. The van der Waals surface area contributed by atoms with E-state index >= 15 is 0 Å². The molecule has 1 heterocycles. The van der Waals surface area contributed by atoms with Gasteiger partial charge >= 0.3 is 0 Å². The summed E-state index contributed by atoms with van der Waals surface area (Å²) >= 11 is 0. The van der Waals surface area contributed by atoms with Crippen LogP contribution in [-0.2, 0) is 21.2 Å². The van der Waals surface area contributed by atoms with E-state index < -0.39 is 38.4 Å². The zero-order valence-corrected chi connectivity index (χ0v) is 21.7. The normalized spacial score (nSPS) is 12.5. The van der Waals surface area contributed by atoms with Gasteiger partial charge in [-0.05, 0) is 59.5 Å². The summed E-state index contributed by atoms with van der Waals surface area (Å²) in [5.74, 6) is -3.93. The van der Waals surface area contributed by atoms with Gasteiger partial charge in [-0.3, -0.25) is 14.2 Å². The standard InChI is InChI=1S/C30H24F2N2O4S/c1-19(23-11-6-8-20-7-2-3-9-24(20)23)30(36)34-18-21(25-10-4-5-12-28(25)34)13-16-29(35)33-39(37,38)22-14-15-26(31)27(32)17-22/h2-12,14-15,17-19H,13,16H2,1H3,(H,33,35). The molecule has 0 fully saturated rings. The van der Waals surface area contributed by atoms with Crippen LogP contribution in [0.25, 0.3) is 21.7 Å². The third-order valence-corrected chi connectivity index (χ3v) is 8.13. The lowest BCUT2D eigenvalue weighted by Gasteiger charge is -2.15. The number of fused-ring (bicyclic) bond motifs is 2. The minimum Gasteiger partial charge on any atom is -0.286 e. The first-order valence-electron chi connectivity index (χ1n) is 12.3. The van der Waals surface area contributed by atoms with E-state index in [0.717, 1.165) is 27.8 Å². The van der Waals surface area contributed by atoms with E-state index in [1.54, 1.807) is 10.8 Å². The van der Waals surface area contributed by atoms with Crippen molar-refractivity contribution in [1.29, 1.82) is 0 Å². The molecule has 0 aliphatic heterocycles. The van der Waals surface area contributed by atoms with Crippen molar-refractivity contribution >= 4 is 43.5 Å². The van der Waals surface area contributed by atoms with Crippen LogP contribution >= 0.6 is 0 Å². The number of hydrogen-bond acceptors (Lipinski definition) is 4. The van der Waals surface area contributed by atoms with Gasteiger partial charge in [0, 0.05) is 18.0 Å². The fourth-order valence-electron chi connectivity index (χ4n) is 4.75. The Morgan fingerprint density at radius 1 is 0.872 bits per heavy atom. The fraction of sp³-hybridized carbons (Fsp3) is 0.133. The second-order valence-corrected chi connectivity index (χ2v) is 11.0. The average Bonchev–Trinajstić information content (AvgIpc) is 3.30. The zero-order valence-electron chi connectivity index (χ0n) is 20.9. The van der Waals surface area contributed by atoms with Crippen molar-refractivity contribution in [3.8, 4) is 0 Å². The first-order valence-corrected chi connectivity index (χ1v) is 13.8. The highest BCUT2D eigenvalue weighted by atomic mass is 32.2. The number of aromatic nitrogens is 1. The van der Waals surface area contributed by atoms with Gasteiger partial charge in [0.15, 0.2) is 11.6 Å². The van der Waals surface area contributed by atoms with E-state index in [1.165, 1.54) is 0 Å². The maximum atomic E-state index is 13.7. The quantitative estimate of drug-likeness (QED) is 0.273. The van der Waals surface area contributed by atoms with Gasteiger partial charge in [-0.15, -0.1) is 0 Å². The number of aryl methyl sites for hydroxylation is 1. The van der Waals surface area contributed by atoms with Crippen LogP contribution < -0.4 is 4.72 Å². The molecule has 4 aromatic carbocycles. The van der Waals surface area contributed by atoms with Gasteiger partial charge < -0.3 is 0 Å². The molecule has 6 nitrogen and oxygen atoms in total. The van der Waals surface area contributed by atoms with Gasteiger partial charge in [-0.2, -0.15) is 0 Å². The van der Waals surface area contributed by atoms with Gasteiger partial charge in [0.05, 0.1) is 16.3 Å². The molecule has 0 aliphatic carbocycles. The highest BCUT2D eigenvalue weighted by Crippen LogP contribution is 2.30. The number of nitrogens with zero attached hydrogens (tertiary/aromatic N) is 1. The monoisotopic (exact) mass is 546 g/mol. The number of halogens is 2. The fourth-order valence-corrected chi connectivity index (χ4v) is 5.78. The van der Waals surface area contributed by atoms with Crippen LogP contribution in [0.4, 0.5) is 8.78 Å². The lowest BCUT2D eigenvalue weighted by atomic mass is 9.94. The summed E-state index contributed by atoms with van der Waals surface area (Å²) in [6, 6.07) is 23.1. The van der Waals surface area contributed by atoms with E-state index in [-0.39, 0.29) is 18.7 Å². The molecule has 5 rings (SSSR count). The number of sulfonamides is 1. The minimum atomic E-state index is -4.38. The van der Waals surface area contributed by atoms with E-state index in [0.29, 0.717) is 23.2 Å². The topological polar surface area (TPSA) is 85.2 Å². The van der Waals surface area contributed by atoms with Crippen molar-refractivity contribution < 1.29 is 26.8 Å². The van der Waals surface area contributed by atoms with E-state index in [4.69, 9.17) is 0 Å². The average molecular weight is 547 g/mol. The van der Waals surface area contributed by atoms with Crippen molar-refractivity contribution in [3.63, 3.8) is 0 Å². The number of amides is 1. The Morgan fingerprint density at radius 2 is 1.56 bits per heavy atom. The van der Waals surface area contributed by atoms with Gasteiger partial charge in [0.2, 0.25) is 11.8 Å². The Kier molecular flexibility index (Phi) is 7.01. The van der Waals surface area contributed by atoms with Crippen molar-refractivity contribution in [1.82, 2.24) is 9.29 Å². The number of benzene rings is 4. The molecule has 1 N–H and O–H groups in total. The summed E-state index contributed by atoms with van der Waals surface area (Å²) in [4.78, 5) is 25.7. The Bertz CT molecular complexity index is 1840. The molecule has 1 aromatic heterocycles. The smallest absolute Gasteiger partial charge is 0.264 e. The number of nitrogens with one attached hydrogen (secondary N) is 1. The number of carbonyl (C=O) groups is 2. The SMILES string of the molecule is CC(C(=O)n1cc(CCC(=O)NS(=O)(=O)c2ccc(F)c(F)c2)c2ccccc21)c1cccc2ccccc12. The Morgan fingerprint density at radius 3 is 2.33 bits per heavy atom. The summed E-state index contributed by atoms with van der Waals surface area (Å²) in [6.07, 6.45) is 1.64. The second-order valence-electron chi connectivity index (χ2n) is 9.27. The predicted octanol–water partition coefficient (Wildman–Crippen LogP) is 5.95. The van der Waals surface area contributed by atoms with Crippen LogP contribution in [0.15, 0.2) is 96.0 Å². The molecule has 39 heavy (non-hydrogen) atoms. The largest absolute Gasteiger partial charge is 0.286 e.